The fourth-order valence-electron chi connectivity index (χ4n) is 3.55. The third kappa shape index (κ3) is 4.57. The Morgan fingerprint density at radius 3 is 2.68 bits per heavy atom. The molecule has 1 aromatic carbocycles. The molecule has 0 radical (unpaired) electrons. The van der Waals surface area contributed by atoms with Gasteiger partial charge in [-0.2, -0.15) is 0 Å². The Morgan fingerprint density at radius 2 is 2.05 bits per heavy atom. The Morgan fingerprint density at radius 1 is 1.36 bits per heavy atom. The van der Waals surface area contributed by atoms with Crippen molar-refractivity contribution in [2.75, 3.05) is 6.54 Å². The Bertz CT molecular complexity index is 483. The normalized spacial score (nSPS) is 23.8. The lowest BCUT2D eigenvalue weighted by molar-refractivity contribution is -0.126. The first-order valence-corrected chi connectivity index (χ1v) is 8.48. The smallest absolute Gasteiger partial charge is 0.223 e. The number of piperidine rings is 1. The van der Waals surface area contributed by atoms with Crippen LogP contribution in [0.2, 0.25) is 0 Å². The fraction of sp³-hybridized carbons (Fsp3) is 0.632. The molecule has 1 aliphatic heterocycles. The van der Waals surface area contributed by atoms with Crippen LogP contribution in [-0.2, 0) is 10.2 Å². The topological polar surface area (TPSA) is 41.1 Å². The summed E-state index contributed by atoms with van der Waals surface area (Å²) in [6, 6.07) is 11.2. The molecular formula is C19H30N2O. The number of benzene rings is 1. The first-order chi connectivity index (χ1) is 10.4. The summed E-state index contributed by atoms with van der Waals surface area (Å²) in [6.07, 6.45) is 2.84. The second kappa shape index (κ2) is 7.28. The average Bonchev–Trinajstić information content (AvgIpc) is 2.47. The molecule has 0 aromatic heterocycles. The molecular weight excluding hydrogens is 272 g/mol. The molecule has 2 N–H and O–H groups in total. The molecule has 1 amide bonds. The summed E-state index contributed by atoms with van der Waals surface area (Å²) in [4.78, 5) is 12.4. The van der Waals surface area contributed by atoms with Crippen LogP contribution in [-0.4, -0.2) is 24.5 Å². The number of hydrogen-bond acceptors (Lipinski definition) is 2. The van der Waals surface area contributed by atoms with Gasteiger partial charge >= 0.3 is 0 Å². The molecule has 0 bridgehead atoms. The molecule has 22 heavy (non-hydrogen) atoms. The van der Waals surface area contributed by atoms with Crippen LogP contribution in [0.1, 0.15) is 52.5 Å². The average molecular weight is 302 g/mol. The van der Waals surface area contributed by atoms with Gasteiger partial charge in [0.15, 0.2) is 0 Å². The molecule has 122 valence electrons. The van der Waals surface area contributed by atoms with Crippen molar-refractivity contribution in [2.45, 2.75) is 64.5 Å². The Balaban J connectivity index is 1.89. The van der Waals surface area contributed by atoms with Crippen LogP contribution in [0.5, 0.6) is 0 Å². The number of carbonyl (C=O) groups excluding carboxylic acids is 1. The van der Waals surface area contributed by atoms with Gasteiger partial charge < -0.3 is 10.6 Å². The summed E-state index contributed by atoms with van der Waals surface area (Å²) in [5.41, 5.74) is 1.39. The predicted molar refractivity (Wildman–Crippen MR) is 91.9 cm³/mol. The highest BCUT2D eigenvalue weighted by Gasteiger charge is 2.28. The standard InChI is InChI=1S/C19H30N2O/c1-14-12-16(10-11-20-14)18(22)21-15(2)13-19(3,4)17-8-6-5-7-9-17/h5-9,14-16,20H,10-13H2,1-4H3,(H,21,22)/t14-,15?,16-/m0/s1. The Labute approximate surface area is 134 Å². The number of amides is 1. The van der Waals surface area contributed by atoms with E-state index in [0.29, 0.717) is 6.04 Å². The van der Waals surface area contributed by atoms with E-state index in [1.54, 1.807) is 0 Å². The van der Waals surface area contributed by atoms with E-state index in [9.17, 15) is 4.79 Å². The van der Waals surface area contributed by atoms with Crippen LogP contribution in [0.3, 0.4) is 0 Å². The van der Waals surface area contributed by atoms with Crippen LogP contribution in [0.25, 0.3) is 0 Å². The minimum absolute atomic E-state index is 0.0648. The molecule has 1 saturated heterocycles. The molecule has 1 heterocycles. The molecule has 1 fully saturated rings. The second-order valence-corrected chi connectivity index (χ2v) is 7.44. The van der Waals surface area contributed by atoms with E-state index in [2.05, 4.69) is 62.6 Å². The first-order valence-electron chi connectivity index (χ1n) is 8.48. The minimum atomic E-state index is 0.0648. The van der Waals surface area contributed by atoms with E-state index >= 15 is 0 Å². The highest BCUT2D eigenvalue weighted by molar-refractivity contribution is 5.79. The van der Waals surface area contributed by atoms with E-state index < -0.39 is 0 Å². The summed E-state index contributed by atoms with van der Waals surface area (Å²) >= 11 is 0. The number of nitrogens with one attached hydrogen (secondary N) is 2. The molecule has 0 saturated carbocycles. The molecule has 1 unspecified atom stereocenters. The summed E-state index contributed by atoms with van der Waals surface area (Å²) in [6.45, 7) is 9.72. The zero-order chi connectivity index (χ0) is 16.2. The zero-order valence-electron chi connectivity index (χ0n) is 14.4. The molecule has 2 rings (SSSR count). The molecule has 1 aliphatic rings. The van der Waals surface area contributed by atoms with Crippen molar-refractivity contribution in [1.82, 2.24) is 10.6 Å². The maximum Gasteiger partial charge on any atom is 0.223 e. The van der Waals surface area contributed by atoms with Crippen molar-refractivity contribution >= 4 is 5.91 Å². The Hall–Kier alpha value is -1.35. The summed E-state index contributed by atoms with van der Waals surface area (Å²) in [5, 5.41) is 6.63. The number of hydrogen-bond donors (Lipinski definition) is 2. The lowest BCUT2D eigenvalue weighted by atomic mass is 9.79. The van der Waals surface area contributed by atoms with E-state index in [-0.39, 0.29) is 23.3 Å². The van der Waals surface area contributed by atoms with Crippen LogP contribution in [0.4, 0.5) is 0 Å². The number of rotatable bonds is 5. The fourth-order valence-corrected chi connectivity index (χ4v) is 3.55. The van der Waals surface area contributed by atoms with Gasteiger partial charge in [0.25, 0.3) is 0 Å². The molecule has 0 aliphatic carbocycles. The van der Waals surface area contributed by atoms with Gasteiger partial charge in [-0.1, -0.05) is 44.2 Å². The Kier molecular flexibility index (Phi) is 5.63. The van der Waals surface area contributed by atoms with Crippen molar-refractivity contribution in [3.8, 4) is 0 Å². The van der Waals surface area contributed by atoms with Crippen LogP contribution in [0, 0.1) is 5.92 Å². The maximum atomic E-state index is 12.4. The van der Waals surface area contributed by atoms with Gasteiger partial charge in [-0.05, 0) is 50.6 Å². The monoisotopic (exact) mass is 302 g/mol. The van der Waals surface area contributed by atoms with Crippen molar-refractivity contribution in [3.05, 3.63) is 35.9 Å². The first kappa shape index (κ1) is 17.0. The zero-order valence-corrected chi connectivity index (χ0v) is 14.4. The van der Waals surface area contributed by atoms with Gasteiger partial charge in [-0.3, -0.25) is 4.79 Å². The minimum Gasteiger partial charge on any atom is -0.353 e. The predicted octanol–water partition coefficient (Wildman–Crippen LogP) is 3.25. The third-order valence-corrected chi connectivity index (χ3v) is 4.75. The van der Waals surface area contributed by atoms with Gasteiger partial charge in [0, 0.05) is 18.0 Å². The van der Waals surface area contributed by atoms with Crippen molar-refractivity contribution in [3.63, 3.8) is 0 Å². The SMILES string of the molecule is CC(CC(C)(C)c1ccccc1)NC(=O)[C@H]1CCN[C@@H](C)C1. The van der Waals surface area contributed by atoms with Crippen LogP contribution >= 0.6 is 0 Å². The third-order valence-electron chi connectivity index (χ3n) is 4.75. The molecule has 3 nitrogen and oxygen atoms in total. The summed E-state index contributed by atoms with van der Waals surface area (Å²) in [7, 11) is 0. The molecule has 3 heteroatoms. The molecule has 0 spiro atoms. The summed E-state index contributed by atoms with van der Waals surface area (Å²) in [5.74, 6) is 0.392. The molecule has 3 atom stereocenters. The van der Waals surface area contributed by atoms with Gasteiger partial charge in [0.05, 0.1) is 0 Å². The highest BCUT2D eigenvalue weighted by atomic mass is 16.1. The highest BCUT2D eigenvalue weighted by Crippen LogP contribution is 2.28. The lowest BCUT2D eigenvalue weighted by Gasteiger charge is -2.31. The van der Waals surface area contributed by atoms with Crippen molar-refractivity contribution in [2.24, 2.45) is 5.92 Å². The van der Waals surface area contributed by atoms with Crippen molar-refractivity contribution < 1.29 is 4.79 Å². The van der Waals surface area contributed by atoms with E-state index in [1.165, 1.54) is 5.56 Å². The van der Waals surface area contributed by atoms with Crippen LogP contribution in [0.15, 0.2) is 30.3 Å². The van der Waals surface area contributed by atoms with E-state index in [0.717, 1.165) is 25.8 Å². The van der Waals surface area contributed by atoms with Gasteiger partial charge in [-0.15, -0.1) is 0 Å². The maximum absolute atomic E-state index is 12.4. The van der Waals surface area contributed by atoms with E-state index in [1.807, 2.05) is 6.07 Å². The van der Waals surface area contributed by atoms with Gasteiger partial charge in [-0.25, -0.2) is 0 Å². The van der Waals surface area contributed by atoms with E-state index in [4.69, 9.17) is 0 Å². The lowest BCUT2D eigenvalue weighted by Crippen LogP contribution is -2.45. The van der Waals surface area contributed by atoms with Crippen molar-refractivity contribution in [1.29, 1.82) is 0 Å². The van der Waals surface area contributed by atoms with Crippen LogP contribution < -0.4 is 10.6 Å². The quantitative estimate of drug-likeness (QED) is 0.876. The number of carbonyl (C=O) groups is 1. The summed E-state index contributed by atoms with van der Waals surface area (Å²) < 4.78 is 0. The molecule has 1 aromatic rings. The van der Waals surface area contributed by atoms with Gasteiger partial charge in [0.2, 0.25) is 5.91 Å². The second-order valence-electron chi connectivity index (χ2n) is 7.44. The largest absolute Gasteiger partial charge is 0.353 e. The van der Waals surface area contributed by atoms with Gasteiger partial charge in [0.1, 0.15) is 0 Å².